The van der Waals surface area contributed by atoms with Crippen LogP contribution in [-0.4, -0.2) is 63.6 Å². The summed E-state index contributed by atoms with van der Waals surface area (Å²) in [4.78, 5) is 2.50. The Balaban J connectivity index is 1.77. The van der Waals surface area contributed by atoms with E-state index in [9.17, 15) is 0 Å². The number of morpholine rings is 1. The number of aryl methyl sites for hydroxylation is 1. The Hall–Kier alpha value is -1.14. The maximum Gasteiger partial charge on any atom is 0.122 e. The summed E-state index contributed by atoms with van der Waals surface area (Å²) in [7, 11) is 1.74. The second-order valence-electron chi connectivity index (χ2n) is 7.10. The summed E-state index contributed by atoms with van der Waals surface area (Å²) in [6.07, 6.45) is 0. The minimum Gasteiger partial charge on any atom is -0.496 e. The molecule has 1 N–H and O–H groups in total. The summed E-state index contributed by atoms with van der Waals surface area (Å²) in [6.45, 7) is 13.3. The summed E-state index contributed by atoms with van der Waals surface area (Å²) >= 11 is 0. The van der Waals surface area contributed by atoms with Crippen molar-refractivity contribution in [2.45, 2.75) is 32.9 Å². The largest absolute Gasteiger partial charge is 0.496 e. The van der Waals surface area contributed by atoms with Crippen molar-refractivity contribution in [1.29, 1.82) is 0 Å². The van der Waals surface area contributed by atoms with Gasteiger partial charge >= 0.3 is 0 Å². The molecule has 0 aliphatic carbocycles. The van der Waals surface area contributed by atoms with Crippen molar-refractivity contribution in [2.75, 3.05) is 53.1 Å². The molecule has 134 valence electrons. The third-order valence-corrected chi connectivity index (χ3v) is 5.37. The monoisotopic (exact) mass is 334 g/mol. The van der Waals surface area contributed by atoms with Crippen molar-refractivity contribution < 1.29 is 14.2 Å². The molecule has 0 radical (unpaired) electrons. The first kappa shape index (κ1) is 17.7. The lowest BCUT2D eigenvalue weighted by molar-refractivity contribution is -0.135. The van der Waals surface area contributed by atoms with Crippen LogP contribution in [-0.2, 0) is 16.0 Å². The zero-order valence-electron chi connectivity index (χ0n) is 15.4. The number of methoxy groups -OCH3 is 1. The molecule has 3 rings (SSSR count). The Labute approximate surface area is 145 Å². The van der Waals surface area contributed by atoms with Gasteiger partial charge in [-0.25, -0.2) is 0 Å². The van der Waals surface area contributed by atoms with Crippen LogP contribution in [0.1, 0.15) is 22.3 Å². The van der Waals surface area contributed by atoms with Gasteiger partial charge in [0.2, 0.25) is 0 Å². The van der Waals surface area contributed by atoms with E-state index in [4.69, 9.17) is 14.2 Å². The van der Waals surface area contributed by atoms with Crippen LogP contribution in [0.25, 0.3) is 0 Å². The standard InChI is InChI=1S/C19H30N2O3/c1-14-9-18(22-4)16(3)15(2)17(14)10-21-6-8-24-19(12-21)11-20-5-7-23-13-19/h9,20H,5-8,10-13H2,1-4H3/t19-/m1/s1. The maximum atomic E-state index is 6.13. The molecule has 0 saturated carbocycles. The van der Waals surface area contributed by atoms with Gasteiger partial charge in [-0.1, -0.05) is 0 Å². The molecular formula is C19H30N2O3. The van der Waals surface area contributed by atoms with Gasteiger partial charge in [0.1, 0.15) is 11.4 Å². The number of ether oxygens (including phenoxy) is 3. The fourth-order valence-corrected chi connectivity index (χ4v) is 3.80. The summed E-state index contributed by atoms with van der Waals surface area (Å²) in [6, 6.07) is 2.16. The van der Waals surface area contributed by atoms with Crippen LogP contribution in [0, 0.1) is 20.8 Å². The van der Waals surface area contributed by atoms with Crippen molar-refractivity contribution in [1.82, 2.24) is 10.2 Å². The quantitative estimate of drug-likeness (QED) is 0.913. The maximum absolute atomic E-state index is 6.13. The Morgan fingerprint density at radius 2 is 2.08 bits per heavy atom. The zero-order chi connectivity index (χ0) is 17.2. The number of rotatable bonds is 3. The molecule has 2 heterocycles. The first-order chi connectivity index (χ1) is 11.5. The first-order valence-corrected chi connectivity index (χ1v) is 8.83. The van der Waals surface area contributed by atoms with Crippen LogP contribution in [0.15, 0.2) is 6.07 Å². The molecule has 0 unspecified atom stereocenters. The predicted octanol–water partition coefficient (Wildman–Crippen LogP) is 1.81. The Bertz CT molecular complexity index is 580. The summed E-state index contributed by atoms with van der Waals surface area (Å²) in [5.41, 5.74) is 5.07. The van der Waals surface area contributed by atoms with Crippen molar-refractivity contribution in [3.8, 4) is 5.75 Å². The molecule has 0 bridgehead atoms. The molecule has 0 amide bonds. The van der Waals surface area contributed by atoms with E-state index in [1.54, 1.807) is 7.11 Å². The molecule has 1 aromatic rings. The highest BCUT2D eigenvalue weighted by Gasteiger charge is 2.38. The molecule has 5 nitrogen and oxygen atoms in total. The molecule has 2 saturated heterocycles. The summed E-state index contributed by atoms with van der Waals surface area (Å²) in [5, 5.41) is 3.45. The van der Waals surface area contributed by atoms with E-state index in [1.165, 1.54) is 22.3 Å². The topological polar surface area (TPSA) is 43.0 Å². The molecule has 2 aliphatic rings. The van der Waals surface area contributed by atoms with Gasteiger partial charge in [0, 0.05) is 32.7 Å². The van der Waals surface area contributed by atoms with E-state index >= 15 is 0 Å². The minimum absolute atomic E-state index is 0.210. The van der Waals surface area contributed by atoms with Gasteiger partial charge in [0.15, 0.2) is 0 Å². The second kappa shape index (κ2) is 7.40. The smallest absolute Gasteiger partial charge is 0.122 e. The van der Waals surface area contributed by atoms with Crippen LogP contribution in [0.3, 0.4) is 0 Å². The highest BCUT2D eigenvalue weighted by Crippen LogP contribution is 2.29. The van der Waals surface area contributed by atoms with Crippen molar-refractivity contribution in [3.05, 3.63) is 28.3 Å². The van der Waals surface area contributed by atoms with Crippen molar-refractivity contribution in [3.63, 3.8) is 0 Å². The fourth-order valence-electron chi connectivity index (χ4n) is 3.80. The number of nitrogens with zero attached hydrogens (tertiary/aromatic N) is 1. The molecule has 24 heavy (non-hydrogen) atoms. The normalized spacial score (nSPS) is 25.7. The third-order valence-electron chi connectivity index (χ3n) is 5.37. The minimum atomic E-state index is -0.210. The molecule has 0 aromatic heterocycles. The average Bonchev–Trinajstić information content (AvgIpc) is 2.80. The summed E-state index contributed by atoms with van der Waals surface area (Å²) in [5.74, 6) is 0.980. The lowest BCUT2D eigenvalue weighted by Crippen LogP contribution is -2.57. The highest BCUT2D eigenvalue weighted by atomic mass is 16.5. The van der Waals surface area contributed by atoms with Gasteiger partial charge in [-0.05, 0) is 49.1 Å². The van der Waals surface area contributed by atoms with Gasteiger partial charge < -0.3 is 19.5 Å². The SMILES string of the molecule is COc1cc(C)c(CN2CCO[C@]3(CNCCOC3)C2)c(C)c1C. The Morgan fingerprint density at radius 1 is 1.25 bits per heavy atom. The first-order valence-electron chi connectivity index (χ1n) is 8.83. The van der Waals surface area contributed by atoms with Gasteiger partial charge in [0.25, 0.3) is 0 Å². The van der Waals surface area contributed by atoms with Crippen LogP contribution in [0.5, 0.6) is 5.75 Å². The van der Waals surface area contributed by atoms with Crippen LogP contribution in [0.2, 0.25) is 0 Å². The van der Waals surface area contributed by atoms with E-state index in [2.05, 4.69) is 37.1 Å². The Kier molecular flexibility index (Phi) is 5.45. The zero-order valence-corrected chi connectivity index (χ0v) is 15.4. The molecule has 1 spiro atoms. The van der Waals surface area contributed by atoms with E-state index in [1.807, 2.05) is 0 Å². The second-order valence-corrected chi connectivity index (χ2v) is 7.10. The molecule has 2 fully saturated rings. The number of hydrogen-bond donors (Lipinski definition) is 1. The van der Waals surface area contributed by atoms with Crippen LogP contribution >= 0.6 is 0 Å². The summed E-state index contributed by atoms with van der Waals surface area (Å²) < 4.78 is 17.4. The number of benzene rings is 1. The van der Waals surface area contributed by atoms with Crippen LogP contribution in [0.4, 0.5) is 0 Å². The van der Waals surface area contributed by atoms with Gasteiger partial charge in [-0.15, -0.1) is 0 Å². The molecule has 2 aliphatic heterocycles. The van der Waals surface area contributed by atoms with Crippen molar-refractivity contribution in [2.24, 2.45) is 0 Å². The lowest BCUT2D eigenvalue weighted by Gasteiger charge is -2.42. The number of hydrogen-bond acceptors (Lipinski definition) is 5. The molecular weight excluding hydrogens is 304 g/mol. The highest BCUT2D eigenvalue weighted by molar-refractivity contribution is 5.48. The Morgan fingerprint density at radius 3 is 2.88 bits per heavy atom. The van der Waals surface area contributed by atoms with E-state index in [-0.39, 0.29) is 5.60 Å². The van der Waals surface area contributed by atoms with Gasteiger partial charge in [-0.3, -0.25) is 4.90 Å². The third kappa shape index (κ3) is 3.59. The fraction of sp³-hybridized carbons (Fsp3) is 0.684. The predicted molar refractivity (Wildman–Crippen MR) is 94.9 cm³/mol. The van der Waals surface area contributed by atoms with E-state index < -0.39 is 0 Å². The van der Waals surface area contributed by atoms with E-state index in [0.29, 0.717) is 6.61 Å². The van der Waals surface area contributed by atoms with Gasteiger partial charge in [-0.2, -0.15) is 0 Å². The molecule has 1 aromatic carbocycles. The van der Waals surface area contributed by atoms with E-state index in [0.717, 1.165) is 51.7 Å². The van der Waals surface area contributed by atoms with Crippen molar-refractivity contribution >= 4 is 0 Å². The molecule has 1 atom stereocenters. The average molecular weight is 334 g/mol. The molecule has 5 heteroatoms. The van der Waals surface area contributed by atoms with Crippen LogP contribution < -0.4 is 10.1 Å². The van der Waals surface area contributed by atoms with Gasteiger partial charge in [0.05, 0.1) is 26.9 Å². The number of nitrogens with one attached hydrogen (secondary N) is 1. The lowest BCUT2D eigenvalue weighted by atomic mass is 9.95.